The molecule has 2 N–H and O–H groups in total. The third kappa shape index (κ3) is 7.21. The Hall–Kier alpha value is -1.98. The molecule has 0 heterocycles. The third-order valence-corrected chi connectivity index (χ3v) is 6.03. The Balaban J connectivity index is 1.25. The first-order chi connectivity index (χ1) is 13.7. The van der Waals surface area contributed by atoms with Crippen LogP contribution in [0.2, 0.25) is 0 Å². The van der Waals surface area contributed by atoms with Gasteiger partial charge in [0.25, 0.3) is 0 Å². The van der Waals surface area contributed by atoms with Gasteiger partial charge in [0.1, 0.15) is 0 Å². The molecule has 0 aromatic carbocycles. The van der Waals surface area contributed by atoms with Gasteiger partial charge in [-0.15, -0.1) is 0 Å². The fraction of sp³-hybridized carbons (Fsp3) is 0.727. The van der Waals surface area contributed by atoms with E-state index in [2.05, 4.69) is 34.9 Å². The Bertz CT molecular complexity index is 517. The van der Waals surface area contributed by atoms with Crippen LogP contribution in [0.3, 0.4) is 0 Å². The molecule has 28 heavy (non-hydrogen) atoms. The Labute approximate surface area is 168 Å². The topological polar surface area (TPSA) is 76.7 Å². The van der Waals surface area contributed by atoms with Crippen molar-refractivity contribution in [2.24, 2.45) is 11.8 Å². The molecular formula is C22H34N2O4. The molecule has 3 aliphatic carbocycles. The highest BCUT2D eigenvalue weighted by Crippen LogP contribution is 2.21. The average molecular weight is 391 g/mol. The summed E-state index contributed by atoms with van der Waals surface area (Å²) in [6, 6.07) is 0.253. The van der Waals surface area contributed by atoms with E-state index < -0.39 is 0 Å². The Kier molecular flexibility index (Phi) is 8.24. The molecule has 6 heteroatoms. The molecule has 2 atom stereocenters. The number of ether oxygens (including phenoxy) is 2. The van der Waals surface area contributed by atoms with Gasteiger partial charge in [0, 0.05) is 12.1 Å². The first-order valence-electron chi connectivity index (χ1n) is 10.9. The summed E-state index contributed by atoms with van der Waals surface area (Å²) in [6.45, 7) is 0.991. The van der Waals surface area contributed by atoms with Crippen LogP contribution in [0.4, 0.5) is 9.59 Å². The van der Waals surface area contributed by atoms with Crippen LogP contribution in [-0.2, 0) is 9.47 Å². The quantitative estimate of drug-likeness (QED) is 0.657. The smallest absolute Gasteiger partial charge is 0.407 e. The van der Waals surface area contributed by atoms with Crippen molar-refractivity contribution >= 4 is 12.2 Å². The molecule has 0 aromatic rings. The normalized spacial score (nSPS) is 29.7. The zero-order valence-corrected chi connectivity index (χ0v) is 16.7. The number of alkyl carbamates (subject to hydrolysis) is 2. The van der Waals surface area contributed by atoms with Crippen LogP contribution in [0, 0.1) is 11.8 Å². The van der Waals surface area contributed by atoms with Gasteiger partial charge in [-0.2, -0.15) is 0 Å². The molecule has 3 rings (SSSR count). The Morgan fingerprint density at radius 1 is 0.679 bits per heavy atom. The van der Waals surface area contributed by atoms with E-state index in [4.69, 9.17) is 9.47 Å². The van der Waals surface area contributed by atoms with Crippen LogP contribution in [0.15, 0.2) is 24.3 Å². The largest absolute Gasteiger partial charge is 0.449 e. The maximum Gasteiger partial charge on any atom is 0.407 e. The maximum atomic E-state index is 12.0. The summed E-state index contributed by atoms with van der Waals surface area (Å²) < 4.78 is 10.8. The van der Waals surface area contributed by atoms with E-state index in [0.29, 0.717) is 25.0 Å². The van der Waals surface area contributed by atoms with Crippen LogP contribution in [-0.4, -0.2) is 37.5 Å². The number of hydrogen-bond acceptors (Lipinski definition) is 4. The number of rotatable bonds is 6. The second kappa shape index (κ2) is 11.1. The Morgan fingerprint density at radius 2 is 1.11 bits per heavy atom. The summed E-state index contributed by atoms with van der Waals surface area (Å²) in [5.74, 6) is 0.901. The van der Waals surface area contributed by atoms with Crippen molar-refractivity contribution in [2.75, 3.05) is 13.2 Å². The molecule has 0 aliphatic heterocycles. The molecule has 2 amide bonds. The van der Waals surface area contributed by atoms with Gasteiger partial charge >= 0.3 is 12.2 Å². The van der Waals surface area contributed by atoms with Crippen molar-refractivity contribution in [3.05, 3.63) is 24.3 Å². The van der Waals surface area contributed by atoms with Gasteiger partial charge in [-0.05, 0) is 76.0 Å². The number of amides is 2. The fourth-order valence-electron chi connectivity index (χ4n) is 4.20. The maximum absolute atomic E-state index is 12.0. The van der Waals surface area contributed by atoms with Crippen LogP contribution in [0.5, 0.6) is 0 Å². The number of allylic oxidation sites excluding steroid dienone is 4. The average Bonchev–Trinajstić information content (AvgIpc) is 2.74. The summed E-state index contributed by atoms with van der Waals surface area (Å²) in [4.78, 5) is 24.0. The van der Waals surface area contributed by atoms with E-state index in [0.717, 1.165) is 64.2 Å². The number of hydrogen-bond donors (Lipinski definition) is 2. The molecule has 3 aliphatic rings. The summed E-state index contributed by atoms with van der Waals surface area (Å²) >= 11 is 0. The molecule has 0 radical (unpaired) electrons. The number of nitrogens with one attached hydrogen (secondary N) is 2. The SMILES string of the molecule is O=C(NC1CCC(NC(=O)OC[C@H]2CC=CCC2)CC1)OC[C@@H]1CC=CCC1. The molecule has 1 saturated carbocycles. The van der Waals surface area contributed by atoms with E-state index in [1.807, 2.05) is 0 Å². The lowest BCUT2D eigenvalue weighted by molar-refractivity contribution is 0.112. The molecular weight excluding hydrogens is 356 g/mol. The second-order valence-electron chi connectivity index (χ2n) is 8.34. The van der Waals surface area contributed by atoms with Gasteiger partial charge in [0.15, 0.2) is 0 Å². The highest BCUT2D eigenvalue weighted by Gasteiger charge is 2.25. The second-order valence-corrected chi connectivity index (χ2v) is 8.34. The van der Waals surface area contributed by atoms with E-state index in [9.17, 15) is 9.59 Å². The lowest BCUT2D eigenvalue weighted by atomic mass is 9.91. The van der Waals surface area contributed by atoms with Crippen LogP contribution in [0.25, 0.3) is 0 Å². The van der Waals surface area contributed by atoms with Gasteiger partial charge in [0.05, 0.1) is 13.2 Å². The highest BCUT2D eigenvalue weighted by atomic mass is 16.6. The minimum atomic E-state index is -0.313. The number of carbonyl (C=O) groups is 2. The van der Waals surface area contributed by atoms with Crippen molar-refractivity contribution in [3.63, 3.8) is 0 Å². The molecule has 0 saturated heterocycles. The minimum Gasteiger partial charge on any atom is -0.449 e. The molecule has 0 aromatic heterocycles. The lowest BCUT2D eigenvalue weighted by Gasteiger charge is -2.29. The third-order valence-electron chi connectivity index (χ3n) is 6.03. The zero-order valence-electron chi connectivity index (χ0n) is 16.7. The van der Waals surface area contributed by atoms with Crippen LogP contribution in [0.1, 0.15) is 64.2 Å². The summed E-state index contributed by atoms with van der Waals surface area (Å²) in [5, 5.41) is 5.94. The standard InChI is InChI=1S/C22H34N2O4/c25-21(27-15-17-7-3-1-4-8-17)23-19-11-13-20(14-12-19)24-22(26)28-16-18-9-5-2-6-10-18/h1-3,5,17-20H,4,6-16H2,(H,23,25)(H,24,26)/t17-,18+,19?,20?. The molecule has 0 spiro atoms. The molecule has 6 nitrogen and oxygen atoms in total. The highest BCUT2D eigenvalue weighted by molar-refractivity contribution is 5.68. The summed E-state index contributed by atoms with van der Waals surface area (Å²) in [7, 11) is 0. The predicted molar refractivity (Wildman–Crippen MR) is 108 cm³/mol. The lowest BCUT2D eigenvalue weighted by Crippen LogP contribution is -2.44. The van der Waals surface area contributed by atoms with E-state index in [1.165, 1.54) is 0 Å². The van der Waals surface area contributed by atoms with E-state index >= 15 is 0 Å². The van der Waals surface area contributed by atoms with Gasteiger partial charge in [0.2, 0.25) is 0 Å². The molecule has 0 unspecified atom stereocenters. The molecule has 1 fully saturated rings. The zero-order chi connectivity index (χ0) is 19.6. The fourth-order valence-corrected chi connectivity index (χ4v) is 4.20. The Morgan fingerprint density at radius 3 is 1.46 bits per heavy atom. The number of carbonyl (C=O) groups excluding carboxylic acids is 2. The van der Waals surface area contributed by atoms with Crippen molar-refractivity contribution in [3.8, 4) is 0 Å². The van der Waals surface area contributed by atoms with Gasteiger partial charge < -0.3 is 20.1 Å². The van der Waals surface area contributed by atoms with Gasteiger partial charge in [-0.3, -0.25) is 0 Å². The minimum absolute atomic E-state index is 0.127. The molecule has 0 bridgehead atoms. The first-order valence-corrected chi connectivity index (χ1v) is 10.9. The first kappa shape index (κ1) is 20.7. The van der Waals surface area contributed by atoms with E-state index in [-0.39, 0.29) is 24.3 Å². The monoisotopic (exact) mass is 390 g/mol. The van der Waals surface area contributed by atoms with Crippen LogP contribution >= 0.6 is 0 Å². The summed E-state index contributed by atoms with van der Waals surface area (Å²) in [5.41, 5.74) is 0. The van der Waals surface area contributed by atoms with Crippen molar-refractivity contribution in [1.82, 2.24) is 10.6 Å². The predicted octanol–water partition coefficient (Wildman–Crippen LogP) is 4.46. The summed E-state index contributed by atoms with van der Waals surface area (Å²) in [6.07, 6.45) is 17.8. The van der Waals surface area contributed by atoms with Gasteiger partial charge in [-0.25, -0.2) is 9.59 Å². The van der Waals surface area contributed by atoms with Crippen molar-refractivity contribution in [2.45, 2.75) is 76.3 Å². The van der Waals surface area contributed by atoms with Gasteiger partial charge in [-0.1, -0.05) is 24.3 Å². The van der Waals surface area contributed by atoms with E-state index in [1.54, 1.807) is 0 Å². The molecule has 156 valence electrons. The van der Waals surface area contributed by atoms with Crippen LogP contribution < -0.4 is 10.6 Å². The van der Waals surface area contributed by atoms with Crippen molar-refractivity contribution < 1.29 is 19.1 Å². The van der Waals surface area contributed by atoms with Crippen molar-refractivity contribution in [1.29, 1.82) is 0 Å².